The molecule has 17 heavy (non-hydrogen) atoms. The number of imidazole rings is 1. The fourth-order valence-electron chi connectivity index (χ4n) is 1.93. The molecule has 0 unspecified atom stereocenters. The average molecular weight is 301 g/mol. The number of aryl methyl sites for hydroxylation is 2. The third-order valence-corrected chi connectivity index (χ3v) is 3.36. The smallest absolute Gasteiger partial charge is 0.322 e. The first-order valence-electron chi connectivity index (χ1n) is 5.24. The van der Waals surface area contributed by atoms with E-state index in [0.29, 0.717) is 23.0 Å². The number of alkyl halides is 1. The maximum Gasteiger partial charge on any atom is 0.332 e. The SMILES string of the molecule is CCn1c(CBr)nc2c1c(=O)n(C)c(=O)n2C. The molecule has 2 aromatic heterocycles. The minimum atomic E-state index is -0.357. The van der Waals surface area contributed by atoms with Crippen molar-refractivity contribution in [2.24, 2.45) is 14.1 Å². The summed E-state index contributed by atoms with van der Waals surface area (Å²) in [5.74, 6) is 0.751. The first-order chi connectivity index (χ1) is 8.02. The molecule has 0 bridgehead atoms. The Morgan fingerprint density at radius 2 is 1.88 bits per heavy atom. The highest BCUT2D eigenvalue weighted by molar-refractivity contribution is 9.08. The summed E-state index contributed by atoms with van der Waals surface area (Å²) in [4.78, 5) is 28.2. The van der Waals surface area contributed by atoms with Crippen LogP contribution < -0.4 is 11.2 Å². The Hall–Kier alpha value is -1.37. The van der Waals surface area contributed by atoms with Gasteiger partial charge in [-0.3, -0.25) is 13.9 Å². The number of rotatable bonds is 2. The minimum Gasteiger partial charge on any atom is -0.322 e. The van der Waals surface area contributed by atoms with Crippen LogP contribution in [0.2, 0.25) is 0 Å². The molecular weight excluding hydrogens is 288 g/mol. The maximum absolute atomic E-state index is 12.1. The van der Waals surface area contributed by atoms with E-state index in [1.54, 1.807) is 7.05 Å². The van der Waals surface area contributed by atoms with Crippen LogP contribution in [0.25, 0.3) is 11.2 Å². The number of nitrogens with zero attached hydrogens (tertiary/aromatic N) is 4. The zero-order valence-corrected chi connectivity index (χ0v) is 11.5. The molecule has 2 rings (SSSR count). The van der Waals surface area contributed by atoms with Crippen molar-refractivity contribution in [3.63, 3.8) is 0 Å². The van der Waals surface area contributed by atoms with Crippen LogP contribution in [-0.4, -0.2) is 18.7 Å². The summed E-state index contributed by atoms with van der Waals surface area (Å²) < 4.78 is 4.33. The van der Waals surface area contributed by atoms with Gasteiger partial charge in [0.1, 0.15) is 5.82 Å². The van der Waals surface area contributed by atoms with E-state index in [-0.39, 0.29) is 11.2 Å². The standard InChI is InChI=1S/C10H13BrN4O2/c1-4-15-6(5-11)12-8-7(15)9(16)14(3)10(17)13(8)2/h4-5H2,1-3H3. The van der Waals surface area contributed by atoms with E-state index in [1.807, 2.05) is 11.5 Å². The summed E-state index contributed by atoms with van der Waals surface area (Å²) in [5, 5.41) is 0.548. The van der Waals surface area contributed by atoms with E-state index in [0.717, 1.165) is 10.4 Å². The molecule has 0 spiro atoms. The van der Waals surface area contributed by atoms with E-state index in [4.69, 9.17) is 0 Å². The Morgan fingerprint density at radius 3 is 2.41 bits per heavy atom. The third-order valence-electron chi connectivity index (χ3n) is 2.86. The largest absolute Gasteiger partial charge is 0.332 e. The van der Waals surface area contributed by atoms with Gasteiger partial charge >= 0.3 is 5.69 Å². The van der Waals surface area contributed by atoms with Gasteiger partial charge in [-0.15, -0.1) is 0 Å². The first-order valence-corrected chi connectivity index (χ1v) is 6.36. The second-order valence-electron chi connectivity index (χ2n) is 3.78. The Kier molecular flexibility index (Phi) is 2.94. The molecule has 6 nitrogen and oxygen atoms in total. The first kappa shape index (κ1) is 12.1. The van der Waals surface area contributed by atoms with Crippen molar-refractivity contribution in [1.82, 2.24) is 18.7 Å². The monoisotopic (exact) mass is 300 g/mol. The minimum absolute atomic E-state index is 0.301. The molecule has 0 saturated carbocycles. The van der Waals surface area contributed by atoms with Crippen LogP contribution in [0.4, 0.5) is 0 Å². The van der Waals surface area contributed by atoms with E-state index < -0.39 is 0 Å². The van der Waals surface area contributed by atoms with Crippen molar-refractivity contribution in [2.45, 2.75) is 18.8 Å². The number of hydrogen-bond donors (Lipinski definition) is 0. The van der Waals surface area contributed by atoms with Crippen LogP contribution in [0.15, 0.2) is 9.59 Å². The van der Waals surface area contributed by atoms with Crippen LogP contribution >= 0.6 is 15.9 Å². The predicted octanol–water partition coefficient (Wildman–Crippen LogP) is 0.348. The fourth-order valence-corrected chi connectivity index (χ4v) is 2.36. The maximum atomic E-state index is 12.1. The lowest BCUT2D eigenvalue weighted by Gasteiger charge is -2.05. The van der Waals surface area contributed by atoms with Gasteiger partial charge < -0.3 is 4.57 Å². The molecule has 0 amide bonds. The van der Waals surface area contributed by atoms with Crippen LogP contribution in [0.5, 0.6) is 0 Å². The molecule has 0 aromatic carbocycles. The third kappa shape index (κ3) is 1.56. The molecule has 2 aromatic rings. The molecule has 0 N–H and O–H groups in total. The highest BCUT2D eigenvalue weighted by Gasteiger charge is 2.17. The van der Waals surface area contributed by atoms with Crippen molar-refractivity contribution < 1.29 is 0 Å². The summed E-state index contributed by atoms with van der Waals surface area (Å²) >= 11 is 3.33. The van der Waals surface area contributed by atoms with Crippen LogP contribution in [0.1, 0.15) is 12.7 Å². The number of halogens is 1. The van der Waals surface area contributed by atoms with E-state index in [2.05, 4.69) is 20.9 Å². The molecule has 92 valence electrons. The van der Waals surface area contributed by atoms with Crippen LogP contribution in [-0.2, 0) is 26.0 Å². The van der Waals surface area contributed by atoms with Gasteiger partial charge in [-0.05, 0) is 6.92 Å². The Morgan fingerprint density at radius 1 is 1.24 bits per heavy atom. The second-order valence-corrected chi connectivity index (χ2v) is 4.34. The molecule has 0 radical (unpaired) electrons. The molecule has 0 fully saturated rings. The van der Waals surface area contributed by atoms with Crippen molar-refractivity contribution in [1.29, 1.82) is 0 Å². The molecule has 7 heteroatoms. The van der Waals surface area contributed by atoms with Gasteiger partial charge in [0, 0.05) is 20.6 Å². The second kappa shape index (κ2) is 4.14. The van der Waals surface area contributed by atoms with Crippen molar-refractivity contribution in [3.05, 3.63) is 26.7 Å². The Labute approximate surface area is 106 Å². The van der Waals surface area contributed by atoms with Crippen LogP contribution in [0.3, 0.4) is 0 Å². The highest BCUT2D eigenvalue weighted by Crippen LogP contribution is 2.13. The van der Waals surface area contributed by atoms with Gasteiger partial charge in [-0.1, -0.05) is 15.9 Å². The van der Waals surface area contributed by atoms with Crippen molar-refractivity contribution in [2.75, 3.05) is 0 Å². The van der Waals surface area contributed by atoms with E-state index in [9.17, 15) is 9.59 Å². The predicted molar refractivity (Wildman–Crippen MR) is 68.5 cm³/mol. The molecular formula is C10H13BrN4O2. The van der Waals surface area contributed by atoms with Crippen molar-refractivity contribution in [3.8, 4) is 0 Å². The summed E-state index contributed by atoms with van der Waals surface area (Å²) in [6.07, 6.45) is 0. The van der Waals surface area contributed by atoms with Gasteiger partial charge in [0.15, 0.2) is 11.2 Å². The number of fused-ring (bicyclic) bond motifs is 1. The number of aromatic nitrogens is 4. The van der Waals surface area contributed by atoms with Gasteiger partial charge in [0.2, 0.25) is 0 Å². The normalized spacial score (nSPS) is 11.3. The van der Waals surface area contributed by atoms with E-state index >= 15 is 0 Å². The quantitative estimate of drug-likeness (QED) is 0.752. The van der Waals surface area contributed by atoms with Crippen LogP contribution in [0, 0.1) is 0 Å². The highest BCUT2D eigenvalue weighted by atomic mass is 79.9. The molecule has 0 saturated heterocycles. The molecule has 0 atom stereocenters. The van der Waals surface area contributed by atoms with Gasteiger partial charge in [-0.2, -0.15) is 0 Å². The lowest BCUT2D eigenvalue weighted by molar-refractivity contribution is 0.697. The summed E-state index contributed by atoms with van der Waals surface area (Å²) in [5.41, 5.74) is 0.259. The zero-order chi connectivity index (χ0) is 12.7. The molecule has 0 aliphatic carbocycles. The summed E-state index contributed by atoms with van der Waals surface area (Å²) in [6, 6.07) is 0. The lowest BCUT2D eigenvalue weighted by atomic mass is 10.5. The van der Waals surface area contributed by atoms with Gasteiger partial charge in [0.05, 0.1) is 5.33 Å². The Bertz CT molecular complexity index is 695. The topological polar surface area (TPSA) is 61.8 Å². The summed E-state index contributed by atoms with van der Waals surface area (Å²) in [7, 11) is 3.10. The summed E-state index contributed by atoms with van der Waals surface area (Å²) in [6.45, 7) is 2.59. The van der Waals surface area contributed by atoms with Crippen molar-refractivity contribution >= 4 is 27.1 Å². The number of hydrogen-bond acceptors (Lipinski definition) is 3. The molecule has 2 heterocycles. The van der Waals surface area contributed by atoms with Gasteiger partial charge in [0.25, 0.3) is 5.56 Å². The Balaban J connectivity index is 3.10. The van der Waals surface area contributed by atoms with E-state index in [1.165, 1.54) is 11.6 Å². The fraction of sp³-hybridized carbons (Fsp3) is 0.500. The zero-order valence-electron chi connectivity index (χ0n) is 9.90. The van der Waals surface area contributed by atoms with Gasteiger partial charge in [-0.25, -0.2) is 9.78 Å². The molecule has 0 aliphatic rings. The average Bonchev–Trinajstić information content (AvgIpc) is 2.72. The molecule has 0 aliphatic heterocycles. The lowest BCUT2D eigenvalue weighted by Crippen LogP contribution is -2.37.